The third-order valence-electron chi connectivity index (χ3n) is 1.42. The zero-order chi connectivity index (χ0) is 11.3. The zero-order valence-corrected chi connectivity index (χ0v) is 8.27. The summed E-state index contributed by atoms with van der Waals surface area (Å²) in [5, 5.41) is 8.62. The molecule has 0 radical (unpaired) electrons. The number of benzene rings is 1. The van der Waals surface area contributed by atoms with Crippen molar-refractivity contribution in [2.75, 3.05) is 0 Å². The number of hydrogen-bond acceptors (Lipinski definition) is 4. The van der Waals surface area contributed by atoms with Crippen molar-refractivity contribution < 1.29 is 23.4 Å². The Hall–Kier alpha value is -1.44. The fourth-order valence-corrected chi connectivity index (χ4v) is 1.17. The second kappa shape index (κ2) is 5.44. The minimum absolute atomic E-state index is 0.267. The molecule has 0 aliphatic rings. The van der Waals surface area contributed by atoms with E-state index in [9.17, 15) is 13.6 Å². The van der Waals surface area contributed by atoms with Crippen LogP contribution in [0, 0.1) is 0 Å². The molecule has 82 valence electrons. The number of hydrogen-bond donors (Lipinski definition) is 2. The zero-order valence-electron chi connectivity index (χ0n) is 7.45. The topological polar surface area (TPSA) is 98.7 Å². The molecule has 2 unspecified atom stereocenters. The quantitative estimate of drug-likeness (QED) is 0.541. The van der Waals surface area contributed by atoms with Crippen molar-refractivity contribution in [1.29, 1.82) is 0 Å². The van der Waals surface area contributed by atoms with Gasteiger partial charge in [0.25, 0.3) is 6.23 Å². The van der Waals surface area contributed by atoms with Gasteiger partial charge in [-0.05, 0) is 12.1 Å². The summed E-state index contributed by atoms with van der Waals surface area (Å²) in [6.07, 6.45) is -1.62. The first-order valence-corrected chi connectivity index (χ1v) is 4.97. The molecule has 0 spiro atoms. The van der Waals surface area contributed by atoms with Gasteiger partial charge in [-0.1, -0.05) is 18.2 Å². The number of aliphatic carboxylic acids is 1. The van der Waals surface area contributed by atoms with Gasteiger partial charge in [-0.2, -0.15) is 0 Å². The summed E-state index contributed by atoms with van der Waals surface area (Å²) in [6.45, 7) is 0. The van der Waals surface area contributed by atoms with Gasteiger partial charge in [0.2, 0.25) is 0 Å². The lowest BCUT2D eigenvalue weighted by atomic mass is 10.3. The number of carboxylic acid groups (broad SMARTS) is 1. The van der Waals surface area contributed by atoms with Crippen LogP contribution in [-0.4, -0.2) is 26.1 Å². The fourth-order valence-electron chi connectivity index (χ4n) is 0.847. The van der Waals surface area contributed by atoms with Gasteiger partial charge in [0.15, 0.2) is 0 Å². The molecule has 0 bridgehead atoms. The molecule has 2 N–H and O–H groups in total. The molecule has 6 nitrogen and oxygen atoms in total. The van der Waals surface area contributed by atoms with Gasteiger partial charge in [0.1, 0.15) is 5.75 Å². The molecule has 2 atom stereocenters. The highest BCUT2D eigenvalue weighted by Gasteiger charge is 2.18. The fraction of sp³-hybridized carbons (Fsp3) is 0.125. The Morgan fingerprint density at radius 2 is 2.07 bits per heavy atom. The summed E-state index contributed by atoms with van der Waals surface area (Å²) in [4.78, 5) is 10.6. The van der Waals surface area contributed by atoms with Gasteiger partial charge in [-0.3, -0.25) is 4.21 Å². The van der Waals surface area contributed by atoms with Gasteiger partial charge >= 0.3 is 5.97 Å². The lowest BCUT2D eigenvalue weighted by molar-refractivity contribution is -0.145. The Morgan fingerprint density at radius 3 is 2.53 bits per heavy atom. The monoisotopic (exact) mass is 230 g/mol. The molecular formula is C8H8NO5S-. The molecular weight excluding hydrogens is 222 g/mol. The maximum atomic E-state index is 10.6. The van der Waals surface area contributed by atoms with Gasteiger partial charge in [-0.15, -0.1) is 0 Å². The molecule has 1 rings (SSSR count). The highest BCUT2D eigenvalue weighted by molar-refractivity contribution is 7.77. The maximum Gasteiger partial charge on any atom is 0.361 e. The molecule has 0 amide bonds. The maximum absolute atomic E-state index is 10.6. The van der Waals surface area contributed by atoms with Crippen LogP contribution >= 0.6 is 0 Å². The highest BCUT2D eigenvalue weighted by atomic mass is 32.2. The molecule has 1 aromatic carbocycles. The van der Waals surface area contributed by atoms with E-state index in [1.807, 2.05) is 0 Å². The van der Waals surface area contributed by atoms with Gasteiger partial charge in [0.05, 0.1) is 0 Å². The molecule has 0 aliphatic carbocycles. The normalized spacial score (nSPS) is 14.2. The predicted octanol–water partition coefficient (Wildman–Crippen LogP) is -0.140. The van der Waals surface area contributed by atoms with Crippen LogP contribution in [0.5, 0.6) is 5.75 Å². The van der Waals surface area contributed by atoms with E-state index in [4.69, 9.17) is 9.84 Å². The lowest BCUT2D eigenvalue weighted by Gasteiger charge is -2.17. The first-order chi connectivity index (χ1) is 7.09. The highest BCUT2D eigenvalue weighted by Crippen LogP contribution is 2.10. The van der Waals surface area contributed by atoms with Crippen LogP contribution in [-0.2, 0) is 16.1 Å². The average Bonchev–Trinajstić information content (AvgIpc) is 2.17. The van der Waals surface area contributed by atoms with Crippen LogP contribution in [0.3, 0.4) is 0 Å². The van der Waals surface area contributed by atoms with Crippen molar-refractivity contribution in [3.63, 3.8) is 0 Å². The number of nitrogens with one attached hydrogen (secondary N) is 1. The van der Waals surface area contributed by atoms with Crippen LogP contribution in [0.1, 0.15) is 0 Å². The molecule has 0 saturated carbocycles. The third kappa shape index (κ3) is 4.07. The Morgan fingerprint density at radius 1 is 1.47 bits per heavy atom. The molecule has 0 heterocycles. The SMILES string of the molecule is O=C(O)C(NS(=O)[O-])Oc1ccccc1. The number of carboxylic acids is 1. The number of carbonyl (C=O) groups is 1. The summed E-state index contributed by atoms with van der Waals surface area (Å²) < 4.78 is 27.1. The van der Waals surface area contributed by atoms with E-state index in [0.29, 0.717) is 0 Å². The van der Waals surface area contributed by atoms with E-state index in [-0.39, 0.29) is 5.75 Å². The summed E-state index contributed by atoms with van der Waals surface area (Å²) >= 11 is -2.70. The van der Waals surface area contributed by atoms with Crippen molar-refractivity contribution >= 4 is 17.2 Å². The van der Waals surface area contributed by atoms with Crippen LogP contribution < -0.4 is 9.46 Å². The second-order valence-electron chi connectivity index (χ2n) is 2.50. The molecule has 0 aliphatic heterocycles. The van der Waals surface area contributed by atoms with Crippen molar-refractivity contribution in [3.8, 4) is 5.75 Å². The van der Waals surface area contributed by atoms with Crippen molar-refractivity contribution in [1.82, 2.24) is 4.72 Å². The van der Waals surface area contributed by atoms with E-state index in [1.165, 1.54) is 12.1 Å². The van der Waals surface area contributed by atoms with Crippen LogP contribution in [0.25, 0.3) is 0 Å². The van der Waals surface area contributed by atoms with E-state index in [2.05, 4.69) is 0 Å². The van der Waals surface area contributed by atoms with E-state index in [0.717, 1.165) is 0 Å². The Balaban J connectivity index is 2.67. The Bertz CT molecular complexity index is 355. The smallest absolute Gasteiger partial charge is 0.361 e. The minimum Gasteiger partial charge on any atom is -0.760 e. The Kier molecular flexibility index (Phi) is 4.22. The van der Waals surface area contributed by atoms with Gasteiger partial charge in [-0.25, -0.2) is 9.52 Å². The van der Waals surface area contributed by atoms with E-state index >= 15 is 0 Å². The Labute approximate surface area is 88.3 Å². The molecule has 0 fully saturated rings. The van der Waals surface area contributed by atoms with E-state index < -0.39 is 23.5 Å². The third-order valence-corrected chi connectivity index (χ3v) is 1.83. The standard InChI is InChI=1S/C8H9NO5S/c10-8(11)7(9-15(12)13)14-6-4-2-1-3-5-6/h1-5,7,9H,(H,10,11)(H,12,13)/p-1. The van der Waals surface area contributed by atoms with Gasteiger partial charge < -0.3 is 14.4 Å². The second-order valence-corrected chi connectivity index (χ2v) is 3.21. The predicted molar refractivity (Wildman–Crippen MR) is 50.5 cm³/mol. The molecule has 7 heteroatoms. The van der Waals surface area contributed by atoms with Crippen LogP contribution in [0.15, 0.2) is 30.3 Å². The van der Waals surface area contributed by atoms with Crippen LogP contribution in [0.2, 0.25) is 0 Å². The first kappa shape index (κ1) is 11.6. The molecule has 0 saturated heterocycles. The van der Waals surface area contributed by atoms with E-state index in [1.54, 1.807) is 22.9 Å². The van der Waals surface area contributed by atoms with Crippen molar-refractivity contribution in [2.24, 2.45) is 0 Å². The van der Waals surface area contributed by atoms with Gasteiger partial charge in [0, 0.05) is 11.3 Å². The average molecular weight is 230 g/mol. The summed E-state index contributed by atoms with van der Waals surface area (Å²) in [6, 6.07) is 8.04. The number of para-hydroxylation sites is 1. The summed E-state index contributed by atoms with van der Waals surface area (Å²) in [5.41, 5.74) is 0. The number of ether oxygens (including phenoxy) is 1. The molecule has 1 aromatic rings. The van der Waals surface area contributed by atoms with Crippen molar-refractivity contribution in [2.45, 2.75) is 6.23 Å². The van der Waals surface area contributed by atoms with Crippen molar-refractivity contribution in [3.05, 3.63) is 30.3 Å². The summed E-state index contributed by atoms with van der Waals surface area (Å²) in [5.74, 6) is -1.15. The van der Waals surface area contributed by atoms with Crippen LogP contribution in [0.4, 0.5) is 0 Å². The number of rotatable bonds is 5. The lowest BCUT2D eigenvalue weighted by Crippen LogP contribution is -2.42. The first-order valence-electron chi connectivity index (χ1n) is 3.89. The molecule has 0 aromatic heterocycles. The molecule has 15 heavy (non-hydrogen) atoms. The summed E-state index contributed by atoms with van der Waals surface area (Å²) in [7, 11) is 0. The minimum atomic E-state index is -2.70. The largest absolute Gasteiger partial charge is 0.760 e.